The molecule has 2 nitrogen and oxygen atoms in total. The minimum absolute atomic E-state index is 0.189. The summed E-state index contributed by atoms with van der Waals surface area (Å²) in [6.45, 7) is 13.2. The minimum Gasteiger partial charge on any atom is -0.412 e. The summed E-state index contributed by atoms with van der Waals surface area (Å²) in [7, 11) is -1.76. The molecule has 0 amide bonds. The van der Waals surface area contributed by atoms with Crippen LogP contribution in [0.2, 0.25) is 18.1 Å². The van der Waals surface area contributed by atoms with Crippen LogP contribution in [0.25, 0.3) is 0 Å². The molecule has 0 aromatic heterocycles. The van der Waals surface area contributed by atoms with E-state index >= 15 is 0 Å². The second kappa shape index (κ2) is 6.61. The highest BCUT2D eigenvalue weighted by molar-refractivity contribution is 9.10. The van der Waals surface area contributed by atoms with Gasteiger partial charge in [0.25, 0.3) is 0 Å². The molecule has 0 N–H and O–H groups in total. The van der Waals surface area contributed by atoms with Crippen LogP contribution in [0.15, 0.2) is 22.7 Å². The van der Waals surface area contributed by atoms with Gasteiger partial charge in [0.15, 0.2) is 8.32 Å². The van der Waals surface area contributed by atoms with Gasteiger partial charge in [-0.3, -0.25) is 0 Å². The first kappa shape index (κ1) is 18.0. The summed E-state index contributed by atoms with van der Waals surface area (Å²) >= 11 is 3.54. The predicted octanol–water partition coefficient (Wildman–Crippen LogP) is 5.58. The van der Waals surface area contributed by atoms with Crippen molar-refractivity contribution in [2.24, 2.45) is 0 Å². The van der Waals surface area contributed by atoms with Crippen LogP contribution < -0.4 is 4.90 Å². The van der Waals surface area contributed by atoms with Crippen LogP contribution >= 0.6 is 15.9 Å². The van der Waals surface area contributed by atoms with Crippen molar-refractivity contribution < 1.29 is 8.82 Å². The normalized spacial score (nSPS) is 20.3. The highest BCUT2D eigenvalue weighted by atomic mass is 79.9. The van der Waals surface area contributed by atoms with Crippen molar-refractivity contribution in [3.8, 4) is 0 Å². The Hall–Kier alpha value is -0.393. The van der Waals surface area contributed by atoms with Gasteiger partial charge in [0.2, 0.25) is 0 Å². The lowest BCUT2D eigenvalue weighted by Gasteiger charge is -2.43. The molecule has 0 aliphatic carbocycles. The smallest absolute Gasteiger partial charge is 0.192 e. The van der Waals surface area contributed by atoms with Gasteiger partial charge in [0.05, 0.1) is 11.8 Å². The Morgan fingerprint density at radius 1 is 1.32 bits per heavy atom. The quantitative estimate of drug-likeness (QED) is 0.627. The third-order valence-corrected chi connectivity index (χ3v) is 10.1. The Labute approximate surface area is 143 Å². The van der Waals surface area contributed by atoms with E-state index in [-0.39, 0.29) is 17.0 Å². The summed E-state index contributed by atoms with van der Waals surface area (Å²) in [4.78, 5) is 2.24. The lowest BCUT2D eigenvalue weighted by molar-refractivity contribution is 0.160. The maximum Gasteiger partial charge on any atom is 0.192 e. The monoisotopic (exact) mass is 387 g/mol. The zero-order chi connectivity index (χ0) is 16.5. The van der Waals surface area contributed by atoms with E-state index in [1.165, 1.54) is 6.07 Å². The molecule has 1 aliphatic heterocycles. The first-order chi connectivity index (χ1) is 10.1. The first-order valence-corrected chi connectivity index (χ1v) is 11.7. The number of benzene rings is 1. The van der Waals surface area contributed by atoms with Crippen LogP contribution in [0.3, 0.4) is 0 Å². The number of piperidine rings is 1. The number of halogens is 2. The Bertz CT molecular complexity index is 530. The maximum absolute atomic E-state index is 13.6. The van der Waals surface area contributed by atoms with Crippen molar-refractivity contribution in [3.05, 3.63) is 28.5 Å². The third-order valence-electron chi connectivity index (χ3n) is 4.89. The molecule has 5 heteroatoms. The summed E-state index contributed by atoms with van der Waals surface area (Å²) in [5.41, 5.74) is 0.934. The van der Waals surface area contributed by atoms with Crippen LogP contribution in [0.4, 0.5) is 10.1 Å². The average Bonchev–Trinajstić information content (AvgIpc) is 2.40. The molecule has 0 saturated carbocycles. The number of anilines is 1. The molecular weight excluding hydrogens is 361 g/mol. The van der Waals surface area contributed by atoms with E-state index in [0.29, 0.717) is 0 Å². The van der Waals surface area contributed by atoms with Crippen molar-refractivity contribution in [3.63, 3.8) is 0 Å². The summed E-state index contributed by atoms with van der Waals surface area (Å²) in [5, 5.41) is 0.217. The average molecular weight is 388 g/mol. The van der Waals surface area contributed by atoms with E-state index in [9.17, 15) is 4.39 Å². The molecule has 1 aliphatic rings. The van der Waals surface area contributed by atoms with E-state index in [0.717, 1.165) is 36.1 Å². The molecule has 1 fully saturated rings. The summed E-state index contributed by atoms with van der Waals surface area (Å²) in [5.74, 6) is -0.189. The lowest BCUT2D eigenvalue weighted by Crippen LogP contribution is -2.49. The van der Waals surface area contributed by atoms with Gasteiger partial charge in [-0.1, -0.05) is 20.8 Å². The Kier molecular flexibility index (Phi) is 5.40. The second-order valence-corrected chi connectivity index (χ2v) is 13.3. The van der Waals surface area contributed by atoms with Gasteiger partial charge < -0.3 is 9.33 Å². The molecular formula is C17H27BrFNOSi. The van der Waals surface area contributed by atoms with Gasteiger partial charge in [-0.05, 0) is 65.1 Å². The first-order valence-electron chi connectivity index (χ1n) is 7.98. The lowest BCUT2D eigenvalue weighted by atomic mass is 10.1. The molecule has 1 aromatic carbocycles. The predicted molar refractivity (Wildman–Crippen MR) is 97.6 cm³/mol. The molecule has 0 unspecified atom stereocenters. The molecule has 1 saturated heterocycles. The molecule has 1 heterocycles. The number of hydrogen-bond donors (Lipinski definition) is 0. The Morgan fingerprint density at radius 2 is 2.00 bits per heavy atom. The van der Waals surface area contributed by atoms with Gasteiger partial charge in [0, 0.05) is 17.6 Å². The van der Waals surface area contributed by atoms with E-state index in [1.807, 2.05) is 0 Å². The van der Waals surface area contributed by atoms with Crippen LogP contribution in [0, 0.1) is 5.82 Å². The van der Waals surface area contributed by atoms with E-state index in [2.05, 4.69) is 54.7 Å². The highest BCUT2D eigenvalue weighted by Gasteiger charge is 2.40. The van der Waals surface area contributed by atoms with E-state index in [4.69, 9.17) is 4.43 Å². The third kappa shape index (κ3) is 4.12. The van der Waals surface area contributed by atoms with Crippen LogP contribution in [0.5, 0.6) is 0 Å². The minimum atomic E-state index is -1.76. The van der Waals surface area contributed by atoms with Crippen LogP contribution in [-0.2, 0) is 4.43 Å². The molecule has 0 radical (unpaired) electrons. The Balaban J connectivity index is 2.11. The van der Waals surface area contributed by atoms with Gasteiger partial charge in [0.1, 0.15) is 5.82 Å². The summed E-state index contributed by atoms with van der Waals surface area (Å²) in [6.07, 6.45) is 2.42. The van der Waals surface area contributed by atoms with Gasteiger partial charge in [-0.25, -0.2) is 4.39 Å². The molecule has 2 rings (SSSR count). The summed E-state index contributed by atoms with van der Waals surface area (Å²) in [6, 6.07) is 4.88. The molecule has 1 aromatic rings. The number of hydrogen-bond acceptors (Lipinski definition) is 2. The van der Waals surface area contributed by atoms with Crippen molar-refractivity contribution in [1.82, 2.24) is 0 Å². The number of nitrogens with zero attached hydrogens (tertiary/aromatic N) is 1. The van der Waals surface area contributed by atoms with Crippen molar-refractivity contribution >= 4 is 29.9 Å². The largest absolute Gasteiger partial charge is 0.412 e. The van der Waals surface area contributed by atoms with Crippen LogP contribution in [0.1, 0.15) is 33.6 Å². The molecule has 22 heavy (non-hydrogen) atoms. The second-order valence-electron chi connectivity index (χ2n) is 7.68. The van der Waals surface area contributed by atoms with Crippen molar-refractivity contribution in [1.29, 1.82) is 0 Å². The fourth-order valence-corrected chi connectivity index (χ4v) is 4.45. The van der Waals surface area contributed by atoms with Gasteiger partial charge in [-0.2, -0.15) is 0 Å². The fourth-order valence-electron chi connectivity index (χ4n) is 2.57. The standard InChI is InChI=1S/C17H27BrFNOSi/c1-17(2,3)22(4,5)21-14-7-6-10-20(12-14)16-11-13(19)8-9-15(16)18/h8-9,11,14H,6-7,10,12H2,1-5H3/t14-/m0/s1. The molecule has 0 spiro atoms. The molecule has 0 bridgehead atoms. The van der Waals surface area contributed by atoms with Crippen molar-refractivity contribution in [2.75, 3.05) is 18.0 Å². The zero-order valence-electron chi connectivity index (χ0n) is 14.2. The van der Waals surface area contributed by atoms with Crippen molar-refractivity contribution in [2.45, 2.75) is 57.8 Å². The molecule has 1 atom stereocenters. The number of rotatable bonds is 3. The van der Waals surface area contributed by atoms with Gasteiger partial charge >= 0.3 is 0 Å². The van der Waals surface area contributed by atoms with E-state index < -0.39 is 8.32 Å². The SMILES string of the molecule is CC(C)(C)[Si](C)(C)O[C@H]1CCCN(c2cc(F)ccc2Br)C1. The Morgan fingerprint density at radius 3 is 2.64 bits per heavy atom. The van der Waals surface area contributed by atoms with E-state index in [1.54, 1.807) is 12.1 Å². The molecule has 124 valence electrons. The van der Waals surface area contributed by atoms with Gasteiger partial charge in [-0.15, -0.1) is 0 Å². The topological polar surface area (TPSA) is 12.5 Å². The fraction of sp³-hybridized carbons (Fsp3) is 0.647. The zero-order valence-corrected chi connectivity index (χ0v) is 16.8. The highest BCUT2D eigenvalue weighted by Crippen LogP contribution is 2.39. The summed E-state index contributed by atoms with van der Waals surface area (Å²) < 4.78 is 21.1. The van der Waals surface area contributed by atoms with Crippen LogP contribution in [-0.4, -0.2) is 27.5 Å². The maximum atomic E-state index is 13.6.